The molecule has 24 heavy (non-hydrogen) atoms. The van der Waals surface area contributed by atoms with Gasteiger partial charge in [0.15, 0.2) is 0 Å². The summed E-state index contributed by atoms with van der Waals surface area (Å²) in [5, 5.41) is 5.97. The smallest absolute Gasteiger partial charge is 0.227 e. The maximum Gasteiger partial charge on any atom is 0.227 e. The minimum absolute atomic E-state index is 0.00738. The molecule has 0 atom stereocenters. The topological polar surface area (TPSA) is 67.4 Å². The Balaban J connectivity index is 1.83. The molecule has 0 spiro atoms. The molecule has 132 valence electrons. The summed E-state index contributed by atoms with van der Waals surface area (Å²) in [6, 6.07) is 6.00. The second-order valence-corrected chi connectivity index (χ2v) is 6.59. The Morgan fingerprint density at radius 2 is 1.58 bits per heavy atom. The van der Waals surface area contributed by atoms with Gasteiger partial charge in [-0.1, -0.05) is 18.2 Å². The average Bonchev–Trinajstić information content (AvgIpc) is 2.58. The molecule has 2 N–H and O–H groups in total. The van der Waals surface area contributed by atoms with Gasteiger partial charge in [-0.3, -0.25) is 9.59 Å². The van der Waals surface area contributed by atoms with Crippen LogP contribution in [0.3, 0.4) is 0 Å². The molecule has 2 amide bonds. The normalized spacial score (nSPS) is 20.5. The van der Waals surface area contributed by atoms with Crippen LogP contribution in [0.1, 0.15) is 36.8 Å². The van der Waals surface area contributed by atoms with Crippen LogP contribution in [0, 0.1) is 25.7 Å². The summed E-state index contributed by atoms with van der Waals surface area (Å²) in [4.78, 5) is 24.6. The first-order valence-electron chi connectivity index (χ1n) is 8.66. The summed E-state index contributed by atoms with van der Waals surface area (Å²) in [5.74, 6) is 0.171. The van der Waals surface area contributed by atoms with E-state index in [9.17, 15) is 9.59 Å². The first-order chi connectivity index (χ1) is 11.5. The lowest BCUT2D eigenvalue weighted by Crippen LogP contribution is -2.36. The number of benzene rings is 1. The summed E-state index contributed by atoms with van der Waals surface area (Å²) in [5.41, 5.74) is 3.08. The molecule has 0 radical (unpaired) electrons. The number of hydrogen-bond acceptors (Lipinski definition) is 3. The minimum atomic E-state index is -0.00738. The molecule has 0 aliphatic heterocycles. The number of rotatable bonds is 6. The van der Waals surface area contributed by atoms with Crippen LogP contribution in [0.15, 0.2) is 18.2 Å². The number of carbonyl (C=O) groups is 2. The van der Waals surface area contributed by atoms with Crippen molar-refractivity contribution in [2.24, 2.45) is 11.8 Å². The van der Waals surface area contributed by atoms with Crippen LogP contribution in [0.25, 0.3) is 0 Å². The van der Waals surface area contributed by atoms with Crippen molar-refractivity contribution in [3.63, 3.8) is 0 Å². The Bertz CT molecular complexity index is 558. The number of methoxy groups -OCH3 is 1. The molecule has 1 aliphatic rings. The Morgan fingerprint density at radius 1 is 1.04 bits per heavy atom. The number of anilines is 1. The van der Waals surface area contributed by atoms with Gasteiger partial charge in [0.05, 0.1) is 6.61 Å². The molecule has 0 heterocycles. The molecule has 1 aliphatic carbocycles. The molecule has 1 aromatic carbocycles. The Kier molecular flexibility index (Phi) is 6.79. The van der Waals surface area contributed by atoms with E-state index >= 15 is 0 Å². The summed E-state index contributed by atoms with van der Waals surface area (Å²) < 4.78 is 4.94. The highest BCUT2D eigenvalue weighted by Crippen LogP contribution is 2.30. The van der Waals surface area contributed by atoms with Gasteiger partial charge < -0.3 is 15.4 Å². The molecule has 5 heteroatoms. The van der Waals surface area contributed by atoms with Crippen LogP contribution < -0.4 is 10.6 Å². The predicted molar refractivity (Wildman–Crippen MR) is 94.9 cm³/mol. The van der Waals surface area contributed by atoms with Crippen LogP contribution in [0.2, 0.25) is 0 Å². The molecular weight excluding hydrogens is 304 g/mol. The van der Waals surface area contributed by atoms with Crippen LogP contribution in [0.4, 0.5) is 5.69 Å². The van der Waals surface area contributed by atoms with Crippen molar-refractivity contribution in [1.82, 2.24) is 5.32 Å². The second-order valence-electron chi connectivity index (χ2n) is 6.59. The Labute approximate surface area is 144 Å². The van der Waals surface area contributed by atoms with E-state index in [4.69, 9.17) is 4.74 Å². The highest BCUT2D eigenvalue weighted by atomic mass is 16.5. The summed E-state index contributed by atoms with van der Waals surface area (Å²) in [7, 11) is 1.62. The van der Waals surface area contributed by atoms with Gasteiger partial charge >= 0.3 is 0 Å². The van der Waals surface area contributed by atoms with Gasteiger partial charge in [-0.05, 0) is 50.7 Å². The quantitative estimate of drug-likeness (QED) is 0.787. The molecule has 2 rings (SSSR count). The van der Waals surface area contributed by atoms with Gasteiger partial charge in [0, 0.05) is 31.2 Å². The third kappa shape index (κ3) is 4.81. The molecule has 1 fully saturated rings. The maximum atomic E-state index is 12.5. The molecule has 5 nitrogen and oxygen atoms in total. The number of aryl methyl sites for hydroxylation is 2. The molecule has 0 aromatic heterocycles. The summed E-state index contributed by atoms with van der Waals surface area (Å²) in [6.07, 6.45) is 3.06. The van der Waals surface area contributed by atoms with E-state index in [1.165, 1.54) is 0 Å². The number of nitrogens with one attached hydrogen (secondary N) is 2. The number of amides is 2. The predicted octanol–water partition coefficient (Wildman–Crippen LogP) is 2.81. The van der Waals surface area contributed by atoms with E-state index < -0.39 is 0 Å². The van der Waals surface area contributed by atoms with E-state index in [-0.39, 0.29) is 23.7 Å². The molecular formula is C19H28N2O3. The zero-order valence-corrected chi connectivity index (χ0v) is 14.9. The van der Waals surface area contributed by atoms with E-state index in [0.29, 0.717) is 13.2 Å². The summed E-state index contributed by atoms with van der Waals surface area (Å²) >= 11 is 0. The SMILES string of the molecule is COCCNC(=O)C1CCC(C(=O)Nc2c(C)cccc2C)CC1. The fourth-order valence-electron chi connectivity index (χ4n) is 3.28. The van der Waals surface area contributed by atoms with Crippen LogP contribution in [-0.2, 0) is 14.3 Å². The van der Waals surface area contributed by atoms with Crippen molar-refractivity contribution >= 4 is 17.5 Å². The number of carbonyl (C=O) groups excluding carboxylic acids is 2. The van der Waals surface area contributed by atoms with E-state index in [0.717, 1.165) is 42.5 Å². The van der Waals surface area contributed by atoms with Crippen LogP contribution in [-0.4, -0.2) is 32.1 Å². The van der Waals surface area contributed by atoms with Crippen molar-refractivity contribution in [3.8, 4) is 0 Å². The fraction of sp³-hybridized carbons (Fsp3) is 0.579. The molecule has 0 bridgehead atoms. The second kappa shape index (κ2) is 8.83. The Morgan fingerprint density at radius 3 is 2.12 bits per heavy atom. The average molecular weight is 332 g/mol. The van der Waals surface area contributed by atoms with Gasteiger partial charge in [0.2, 0.25) is 11.8 Å². The van der Waals surface area contributed by atoms with Crippen molar-refractivity contribution < 1.29 is 14.3 Å². The maximum absolute atomic E-state index is 12.5. The lowest BCUT2D eigenvalue weighted by Gasteiger charge is -2.27. The fourth-order valence-corrected chi connectivity index (χ4v) is 3.28. The van der Waals surface area contributed by atoms with Gasteiger partial charge in [-0.15, -0.1) is 0 Å². The van der Waals surface area contributed by atoms with Gasteiger partial charge in [-0.25, -0.2) is 0 Å². The minimum Gasteiger partial charge on any atom is -0.383 e. The largest absolute Gasteiger partial charge is 0.383 e. The number of hydrogen-bond donors (Lipinski definition) is 2. The van der Waals surface area contributed by atoms with Gasteiger partial charge in [-0.2, -0.15) is 0 Å². The highest BCUT2D eigenvalue weighted by Gasteiger charge is 2.30. The van der Waals surface area contributed by atoms with Gasteiger partial charge in [0.25, 0.3) is 0 Å². The van der Waals surface area contributed by atoms with Crippen LogP contribution in [0.5, 0.6) is 0 Å². The lowest BCUT2D eigenvalue weighted by molar-refractivity contribution is -0.128. The first kappa shape index (κ1) is 18.5. The van der Waals surface area contributed by atoms with Crippen molar-refractivity contribution in [1.29, 1.82) is 0 Å². The standard InChI is InChI=1S/C19H28N2O3/c1-13-5-4-6-14(2)17(13)21-19(23)16-9-7-15(8-10-16)18(22)20-11-12-24-3/h4-6,15-16H,7-12H2,1-3H3,(H,20,22)(H,21,23). The Hall–Kier alpha value is -1.88. The van der Waals surface area contributed by atoms with Gasteiger partial charge in [0.1, 0.15) is 0 Å². The van der Waals surface area contributed by atoms with E-state index in [1.807, 2.05) is 32.0 Å². The molecule has 1 aromatic rings. The third-order valence-corrected chi connectivity index (χ3v) is 4.80. The third-order valence-electron chi connectivity index (χ3n) is 4.80. The monoisotopic (exact) mass is 332 g/mol. The van der Waals surface area contributed by atoms with Crippen LogP contribution >= 0.6 is 0 Å². The molecule has 0 unspecified atom stereocenters. The van der Waals surface area contributed by atoms with E-state index in [2.05, 4.69) is 10.6 Å². The zero-order valence-electron chi connectivity index (χ0n) is 14.9. The zero-order chi connectivity index (χ0) is 17.5. The first-order valence-corrected chi connectivity index (χ1v) is 8.66. The van der Waals surface area contributed by atoms with Crippen molar-refractivity contribution in [2.75, 3.05) is 25.6 Å². The molecule has 0 saturated heterocycles. The van der Waals surface area contributed by atoms with E-state index in [1.54, 1.807) is 7.11 Å². The lowest BCUT2D eigenvalue weighted by atomic mass is 9.81. The van der Waals surface area contributed by atoms with Crippen molar-refractivity contribution in [2.45, 2.75) is 39.5 Å². The van der Waals surface area contributed by atoms with Crippen molar-refractivity contribution in [3.05, 3.63) is 29.3 Å². The molecule has 1 saturated carbocycles. The highest BCUT2D eigenvalue weighted by molar-refractivity contribution is 5.94. The number of ether oxygens (including phenoxy) is 1. The number of para-hydroxylation sites is 1. The summed E-state index contributed by atoms with van der Waals surface area (Å²) in [6.45, 7) is 5.08.